The maximum Gasteiger partial charge on any atom is 0.254 e. The lowest BCUT2D eigenvalue weighted by molar-refractivity contribution is 0.0303. The molecule has 0 bridgehead atoms. The lowest BCUT2D eigenvalue weighted by Gasteiger charge is -2.26. The van der Waals surface area contributed by atoms with E-state index in [1.807, 2.05) is 79.7 Å². The maximum absolute atomic E-state index is 11.9. The topological polar surface area (TPSA) is 42.0 Å². The fourth-order valence-electron chi connectivity index (χ4n) is 2.39. The Kier molecular flexibility index (Phi) is 19.0. The van der Waals surface area contributed by atoms with E-state index in [-0.39, 0.29) is 5.91 Å². The highest BCUT2D eigenvalue weighted by atomic mass is 16.5. The molecule has 2 aromatic rings. The quantitative estimate of drug-likeness (QED) is 0.600. The van der Waals surface area contributed by atoms with Crippen LogP contribution in [-0.2, 0) is 4.74 Å². The van der Waals surface area contributed by atoms with Crippen LogP contribution in [0.3, 0.4) is 0 Å². The molecule has 180 valence electrons. The molecule has 1 saturated heterocycles. The number of ether oxygens (including phenoxy) is 2. The molecular formula is C27H44N2O3. The standard InChI is InChI=1S/C11H13NO2.C10H15NO.2C3H8/c13-11(10-4-2-1-3-5-10)12-6-8-14-9-7-12;1-11(2)8-9-12-10-6-4-3-5-7-10;2*1-3-2/h1-5H,6-9H2;3-7H,8-9H2,1-2H3;2*3H2,1-2H3. The highest BCUT2D eigenvalue weighted by molar-refractivity contribution is 5.94. The lowest BCUT2D eigenvalue weighted by atomic mass is 10.2. The van der Waals surface area contributed by atoms with Gasteiger partial charge in [0.1, 0.15) is 12.4 Å². The van der Waals surface area contributed by atoms with Gasteiger partial charge < -0.3 is 19.3 Å². The molecule has 0 unspecified atom stereocenters. The van der Waals surface area contributed by atoms with Gasteiger partial charge in [-0.15, -0.1) is 0 Å². The number of likely N-dealkylation sites (N-methyl/N-ethyl adjacent to an activating group) is 1. The normalized spacial score (nSPS) is 12.3. The summed E-state index contributed by atoms with van der Waals surface area (Å²) >= 11 is 0. The van der Waals surface area contributed by atoms with Crippen LogP contribution in [0, 0.1) is 0 Å². The number of rotatable bonds is 5. The highest BCUT2D eigenvalue weighted by Gasteiger charge is 2.17. The average molecular weight is 445 g/mol. The molecule has 0 atom stereocenters. The number of carbonyl (C=O) groups is 1. The second-order valence-corrected chi connectivity index (χ2v) is 7.65. The van der Waals surface area contributed by atoms with Gasteiger partial charge in [-0.3, -0.25) is 4.79 Å². The van der Waals surface area contributed by atoms with Crippen molar-refractivity contribution in [2.45, 2.75) is 40.5 Å². The minimum Gasteiger partial charge on any atom is -0.492 e. The first-order chi connectivity index (χ1) is 15.5. The third kappa shape index (κ3) is 15.4. The van der Waals surface area contributed by atoms with Crippen LogP contribution in [0.1, 0.15) is 50.9 Å². The molecule has 2 aromatic carbocycles. The first-order valence-electron chi connectivity index (χ1n) is 11.7. The number of para-hydroxylation sites is 1. The number of morpholine rings is 1. The summed E-state index contributed by atoms with van der Waals surface area (Å²) in [5.41, 5.74) is 0.759. The summed E-state index contributed by atoms with van der Waals surface area (Å²) in [6, 6.07) is 19.2. The molecule has 0 saturated carbocycles. The van der Waals surface area contributed by atoms with Crippen LogP contribution >= 0.6 is 0 Å². The van der Waals surface area contributed by atoms with Crippen molar-refractivity contribution in [2.75, 3.05) is 53.6 Å². The number of amides is 1. The predicted molar refractivity (Wildman–Crippen MR) is 136 cm³/mol. The van der Waals surface area contributed by atoms with E-state index in [0.29, 0.717) is 26.3 Å². The van der Waals surface area contributed by atoms with Gasteiger partial charge in [0.2, 0.25) is 0 Å². The van der Waals surface area contributed by atoms with Crippen molar-refractivity contribution < 1.29 is 14.3 Å². The molecular weight excluding hydrogens is 400 g/mol. The first kappa shape index (κ1) is 29.6. The van der Waals surface area contributed by atoms with Gasteiger partial charge in [0.25, 0.3) is 5.91 Å². The Labute approximate surface area is 196 Å². The molecule has 1 fully saturated rings. The average Bonchev–Trinajstić information content (AvgIpc) is 2.82. The largest absolute Gasteiger partial charge is 0.492 e. The van der Waals surface area contributed by atoms with E-state index in [0.717, 1.165) is 24.5 Å². The van der Waals surface area contributed by atoms with E-state index >= 15 is 0 Å². The molecule has 0 spiro atoms. The minimum atomic E-state index is 0.105. The molecule has 32 heavy (non-hydrogen) atoms. The zero-order chi connectivity index (χ0) is 24.0. The van der Waals surface area contributed by atoms with E-state index < -0.39 is 0 Å². The summed E-state index contributed by atoms with van der Waals surface area (Å²) in [5, 5.41) is 0. The van der Waals surface area contributed by atoms with Crippen molar-refractivity contribution in [3.8, 4) is 5.75 Å². The van der Waals surface area contributed by atoms with Gasteiger partial charge in [-0.25, -0.2) is 0 Å². The smallest absolute Gasteiger partial charge is 0.254 e. The number of benzene rings is 2. The fourth-order valence-corrected chi connectivity index (χ4v) is 2.39. The molecule has 1 aliphatic rings. The fraction of sp³-hybridized carbons (Fsp3) is 0.519. The van der Waals surface area contributed by atoms with Crippen molar-refractivity contribution in [3.05, 3.63) is 66.2 Å². The summed E-state index contributed by atoms with van der Waals surface area (Å²) in [6.45, 7) is 12.9. The molecule has 1 heterocycles. The highest BCUT2D eigenvalue weighted by Crippen LogP contribution is 2.08. The van der Waals surface area contributed by atoms with Crippen LogP contribution in [-0.4, -0.2) is 69.3 Å². The Morgan fingerprint density at radius 3 is 1.81 bits per heavy atom. The summed E-state index contributed by atoms with van der Waals surface area (Å²) < 4.78 is 10.7. The second-order valence-electron chi connectivity index (χ2n) is 7.65. The zero-order valence-electron chi connectivity index (χ0n) is 21.0. The summed E-state index contributed by atoms with van der Waals surface area (Å²) in [7, 11) is 4.07. The first-order valence-corrected chi connectivity index (χ1v) is 11.7. The van der Waals surface area contributed by atoms with E-state index in [2.05, 4.69) is 32.6 Å². The van der Waals surface area contributed by atoms with Crippen molar-refractivity contribution in [1.82, 2.24) is 9.80 Å². The van der Waals surface area contributed by atoms with E-state index in [1.54, 1.807) is 0 Å². The Bertz CT molecular complexity index is 655. The molecule has 0 radical (unpaired) electrons. The van der Waals surface area contributed by atoms with Gasteiger partial charge >= 0.3 is 0 Å². The number of carbonyl (C=O) groups excluding carboxylic acids is 1. The van der Waals surface area contributed by atoms with Crippen molar-refractivity contribution >= 4 is 5.91 Å². The molecule has 3 rings (SSSR count). The summed E-state index contributed by atoms with van der Waals surface area (Å²) in [4.78, 5) is 15.8. The minimum absolute atomic E-state index is 0.105. The van der Waals surface area contributed by atoms with E-state index in [9.17, 15) is 4.79 Å². The predicted octanol–water partition coefficient (Wildman–Crippen LogP) is 5.62. The maximum atomic E-state index is 11.9. The van der Waals surface area contributed by atoms with Crippen LogP contribution in [0.25, 0.3) is 0 Å². The molecule has 1 aliphatic heterocycles. The molecule has 5 nitrogen and oxygen atoms in total. The van der Waals surface area contributed by atoms with Gasteiger partial charge in [-0.2, -0.15) is 0 Å². The van der Waals surface area contributed by atoms with Crippen LogP contribution < -0.4 is 4.74 Å². The summed E-state index contributed by atoms with van der Waals surface area (Å²) in [6.07, 6.45) is 2.50. The third-order valence-corrected chi connectivity index (χ3v) is 3.87. The molecule has 0 aromatic heterocycles. The molecule has 0 aliphatic carbocycles. The van der Waals surface area contributed by atoms with Crippen molar-refractivity contribution in [2.24, 2.45) is 0 Å². The zero-order valence-corrected chi connectivity index (χ0v) is 21.0. The summed E-state index contributed by atoms with van der Waals surface area (Å²) in [5.74, 6) is 1.05. The Hall–Kier alpha value is -2.37. The number of hydrogen-bond acceptors (Lipinski definition) is 4. The van der Waals surface area contributed by atoms with Gasteiger partial charge in [0.15, 0.2) is 0 Å². The van der Waals surface area contributed by atoms with Crippen LogP contribution in [0.2, 0.25) is 0 Å². The Balaban J connectivity index is 0.000000487. The Morgan fingerprint density at radius 2 is 1.34 bits per heavy atom. The van der Waals surface area contributed by atoms with E-state index in [4.69, 9.17) is 9.47 Å². The number of nitrogens with zero attached hydrogens (tertiary/aromatic N) is 2. The second kappa shape index (κ2) is 20.5. The molecule has 1 amide bonds. The van der Waals surface area contributed by atoms with Crippen molar-refractivity contribution in [3.63, 3.8) is 0 Å². The van der Waals surface area contributed by atoms with Crippen LogP contribution in [0.15, 0.2) is 60.7 Å². The Morgan fingerprint density at radius 1 is 0.875 bits per heavy atom. The van der Waals surface area contributed by atoms with Crippen molar-refractivity contribution in [1.29, 1.82) is 0 Å². The van der Waals surface area contributed by atoms with Gasteiger partial charge in [0.05, 0.1) is 13.2 Å². The van der Waals surface area contributed by atoms with Gasteiger partial charge in [-0.1, -0.05) is 76.9 Å². The van der Waals surface area contributed by atoms with Crippen LogP contribution in [0.5, 0.6) is 5.75 Å². The van der Waals surface area contributed by atoms with E-state index in [1.165, 1.54) is 12.8 Å². The van der Waals surface area contributed by atoms with Crippen LogP contribution in [0.4, 0.5) is 0 Å². The monoisotopic (exact) mass is 444 g/mol. The SMILES string of the molecule is CCC.CCC.CN(C)CCOc1ccccc1.O=C(c1ccccc1)N1CCOCC1. The third-order valence-electron chi connectivity index (χ3n) is 3.87. The molecule has 5 heteroatoms. The molecule has 0 N–H and O–H groups in total. The van der Waals surface area contributed by atoms with Gasteiger partial charge in [0, 0.05) is 25.2 Å². The lowest BCUT2D eigenvalue weighted by Crippen LogP contribution is -2.40. The number of hydrogen-bond donors (Lipinski definition) is 0. The van der Waals surface area contributed by atoms with Gasteiger partial charge in [-0.05, 0) is 38.4 Å².